The zero-order valence-electron chi connectivity index (χ0n) is 15.5. The molecule has 1 heterocycles. The SMILES string of the molecule is COc1ccc(-c2nc3ccc(NC(=O)CCc4ccccc4)cc3o2)cc1. The minimum atomic E-state index is -0.0295. The lowest BCUT2D eigenvalue weighted by Gasteiger charge is -2.05. The van der Waals surface area contributed by atoms with Crippen LogP contribution in [0, 0.1) is 0 Å². The molecule has 140 valence electrons. The monoisotopic (exact) mass is 372 g/mol. The fraction of sp³-hybridized carbons (Fsp3) is 0.130. The first-order valence-corrected chi connectivity index (χ1v) is 9.10. The number of hydrogen-bond acceptors (Lipinski definition) is 4. The fourth-order valence-corrected chi connectivity index (χ4v) is 2.99. The molecular weight excluding hydrogens is 352 g/mol. The molecule has 28 heavy (non-hydrogen) atoms. The van der Waals surface area contributed by atoms with Crippen molar-refractivity contribution >= 4 is 22.7 Å². The maximum absolute atomic E-state index is 12.2. The van der Waals surface area contributed by atoms with E-state index in [2.05, 4.69) is 10.3 Å². The Morgan fingerprint density at radius 1 is 1.04 bits per heavy atom. The number of rotatable bonds is 6. The molecule has 0 aliphatic heterocycles. The number of methoxy groups -OCH3 is 1. The summed E-state index contributed by atoms with van der Waals surface area (Å²) in [5, 5.41) is 2.93. The van der Waals surface area contributed by atoms with Crippen molar-refractivity contribution in [1.29, 1.82) is 0 Å². The number of hydrogen-bond donors (Lipinski definition) is 1. The van der Waals surface area contributed by atoms with Gasteiger partial charge in [-0.3, -0.25) is 4.79 Å². The summed E-state index contributed by atoms with van der Waals surface area (Å²) in [6, 6.07) is 23.0. The average molecular weight is 372 g/mol. The van der Waals surface area contributed by atoms with Crippen LogP contribution >= 0.6 is 0 Å². The maximum Gasteiger partial charge on any atom is 0.227 e. The van der Waals surface area contributed by atoms with Crippen molar-refractivity contribution in [2.24, 2.45) is 0 Å². The molecule has 0 spiro atoms. The second-order valence-electron chi connectivity index (χ2n) is 6.46. The van der Waals surface area contributed by atoms with Crippen LogP contribution in [0.25, 0.3) is 22.6 Å². The van der Waals surface area contributed by atoms with Gasteiger partial charge in [0.1, 0.15) is 11.3 Å². The molecule has 0 aliphatic rings. The van der Waals surface area contributed by atoms with E-state index < -0.39 is 0 Å². The standard InChI is InChI=1S/C23H20N2O3/c1-27-19-11-8-17(9-12-19)23-25-20-13-10-18(15-21(20)28-23)24-22(26)14-7-16-5-3-2-4-6-16/h2-6,8-13,15H,7,14H2,1H3,(H,24,26). The third-order valence-corrected chi connectivity index (χ3v) is 4.49. The Morgan fingerprint density at radius 2 is 1.82 bits per heavy atom. The summed E-state index contributed by atoms with van der Waals surface area (Å²) < 4.78 is 11.0. The minimum Gasteiger partial charge on any atom is -0.497 e. The van der Waals surface area contributed by atoms with Gasteiger partial charge in [0.15, 0.2) is 5.58 Å². The van der Waals surface area contributed by atoms with Crippen LogP contribution in [0.15, 0.2) is 77.2 Å². The van der Waals surface area contributed by atoms with Crippen molar-refractivity contribution in [3.63, 3.8) is 0 Å². The largest absolute Gasteiger partial charge is 0.497 e. The third kappa shape index (κ3) is 4.04. The van der Waals surface area contributed by atoms with E-state index in [-0.39, 0.29) is 5.91 Å². The third-order valence-electron chi connectivity index (χ3n) is 4.49. The molecule has 0 bridgehead atoms. The average Bonchev–Trinajstić information content (AvgIpc) is 3.16. The van der Waals surface area contributed by atoms with Crippen LogP contribution in [0.3, 0.4) is 0 Å². The summed E-state index contributed by atoms with van der Waals surface area (Å²) in [6.45, 7) is 0. The zero-order valence-corrected chi connectivity index (χ0v) is 15.5. The molecule has 1 amide bonds. The van der Waals surface area contributed by atoms with Gasteiger partial charge in [-0.1, -0.05) is 30.3 Å². The van der Waals surface area contributed by atoms with Crippen molar-refractivity contribution in [1.82, 2.24) is 4.98 Å². The normalized spacial score (nSPS) is 10.8. The van der Waals surface area contributed by atoms with Gasteiger partial charge in [-0.15, -0.1) is 0 Å². The summed E-state index contributed by atoms with van der Waals surface area (Å²) >= 11 is 0. The van der Waals surface area contributed by atoms with Crippen molar-refractivity contribution in [3.8, 4) is 17.2 Å². The number of anilines is 1. The van der Waals surface area contributed by atoms with Gasteiger partial charge in [-0.2, -0.15) is 0 Å². The van der Waals surface area contributed by atoms with Crippen LogP contribution in [-0.4, -0.2) is 18.0 Å². The van der Waals surface area contributed by atoms with Crippen LogP contribution in [0.1, 0.15) is 12.0 Å². The van der Waals surface area contributed by atoms with E-state index in [4.69, 9.17) is 9.15 Å². The molecular formula is C23H20N2O3. The first-order chi connectivity index (χ1) is 13.7. The second kappa shape index (κ2) is 7.96. The Hall–Kier alpha value is -3.60. The number of benzene rings is 3. The van der Waals surface area contributed by atoms with E-state index in [0.717, 1.165) is 22.4 Å². The summed E-state index contributed by atoms with van der Waals surface area (Å²) in [4.78, 5) is 16.8. The van der Waals surface area contributed by atoms with Gasteiger partial charge in [-0.05, 0) is 48.4 Å². The van der Waals surface area contributed by atoms with Gasteiger partial charge in [0, 0.05) is 23.7 Å². The molecule has 5 nitrogen and oxygen atoms in total. The number of nitrogens with zero attached hydrogens (tertiary/aromatic N) is 1. The topological polar surface area (TPSA) is 64.4 Å². The Balaban J connectivity index is 1.46. The van der Waals surface area contributed by atoms with Crippen LogP contribution in [0.2, 0.25) is 0 Å². The van der Waals surface area contributed by atoms with Crippen molar-refractivity contribution in [2.75, 3.05) is 12.4 Å². The van der Waals surface area contributed by atoms with Crippen LogP contribution in [0.4, 0.5) is 5.69 Å². The molecule has 1 N–H and O–H groups in total. The molecule has 0 saturated carbocycles. The number of aromatic nitrogens is 1. The number of amides is 1. The fourth-order valence-electron chi connectivity index (χ4n) is 2.99. The van der Waals surface area contributed by atoms with Crippen molar-refractivity contribution < 1.29 is 13.9 Å². The van der Waals surface area contributed by atoms with Crippen molar-refractivity contribution in [3.05, 3.63) is 78.4 Å². The Bertz CT molecular complexity index is 1090. The Morgan fingerprint density at radius 3 is 2.57 bits per heavy atom. The van der Waals surface area contributed by atoms with Gasteiger partial charge in [0.25, 0.3) is 0 Å². The van der Waals surface area contributed by atoms with E-state index >= 15 is 0 Å². The summed E-state index contributed by atoms with van der Waals surface area (Å²) in [7, 11) is 1.63. The number of nitrogens with one attached hydrogen (secondary N) is 1. The minimum absolute atomic E-state index is 0.0295. The van der Waals surface area contributed by atoms with Gasteiger partial charge >= 0.3 is 0 Å². The van der Waals surface area contributed by atoms with E-state index in [1.54, 1.807) is 13.2 Å². The number of oxazole rings is 1. The number of ether oxygens (including phenoxy) is 1. The van der Waals surface area contributed by atoms with Crippen LogP contribution in [-0.2, 0) is 11.2 Å². The number of aryl methyl sites for hydroxylation is 1. The van der Waals surface area contributed by atoms with E-state index in [9.17, 15) is 4.79 Å². The highest BCUT2D eigenvalue weighted by molar-refractivity contribution is 5.93. The number of carbonyl (C=O) groups is 1. The number of carbonyl (C=O) groups excluding carboxylic acids is 1. The van der Waals surface area contributed by atoms with Gasteiger partial charge in [-0.25, -0.2) is 4.98 Å². The Labute approximate surface area is 163 Å². The van der Waals surface area contributed by atoms with Gasteiger partial charge < -0.3 is 14.5 Å². The summed E-state index contributed by atoms with van der Waals surface area (Å²) in [5.41, 5.74) is 4.08. The van der Waals surface area contributed by atoms with E-state index in [1.807, 2.05) is 66.7 Å². The lowest BCUT2D eigenvalue weighted by atomic mass is 10.1. The molecule has 0 saturated heterocycles. The number of fused-ring (bicyclic) bond motifs is 1. The highest BCUT2D eigenvalue weighted by Crippen LogP contribution is 2.27. The van der Waals surface area contributed by atoms with Crippen LogP contribution < -0.4 is 10.1 Å². The van der Waals surface area contributed by atoms with Gasteiger partial charge in [0.05, 0.1) is 7.11 Å². The molecule has 1 aromatic heterocycles. The molecule has 4 rings (SSSR count). The molecule has 5 heteroatoms. The predicted molar refractivity (Wildman–Crippen MR) is 109 cm³/mol. The quantitative estimate of drug-likeness (QED) is 0.513. The lowest BCUT2D eigenvalue weighted by molar-refractivity contribution is -0.116. The van der Waals surface area contributed by atoms with Gasteiger partial charge in [0.2, 0.25) is 11.8 Å². The maximum atomic E-state index is 12.2. The molecule has 3 aromatic carbocycles. The highest BCUT2D eigenvalue weighted by Gasteiger charge is 2.10. The predicted octanol–water partition coefficient (Wildman–Crippen LogP) is 5.07. The molecule has 0 radical (unpaired) electrons. The Kier molecular flexibility index (Phi) is 5.06. The van der Waals surface area contributed by atoms with Crippen LogP contribution in [0.5, 0.6) is 5.75 Å². The molecule has 0 unspecified atom stereocenters. The smallest absolute Gasteiger partial charge is 0.227 e. The molecule has 0 atom stereocenters. The lowest BCUT2D eigenvalue weighted by Crippen LogP contribution is -2.12. The van der Waals surface area contributed by atoms with E-state index in [0.29, 0.717) is 30.0 Å². The highest BCUT2D eigenvalue weighted by atomic mass is 16.5. The second-order valence-corrected chi connectivity index (χ2v) is 6.46. The van der Waals surface area contributed by atoms with E-state index in [1.165, 1.54) is 0 Å². The molecule has 0 aliphatic carbocycles. The zero-order chi connectivity index (χ0) is 19.3. The first kappa shape index (κ1) is 17.8. The molecule has 4 aromatic rings. The summed E-state index contributed by atoms with van der Waals surface area (Å²) in [6.07, 6.45) is 1.13. The first-order valence-electron chi connectivity index (χ1n) is 9.10. The van der Waals surface area contributed by atoms with Crippen molar-refractivity contribution in [2.45, 2.75) is 12.8 Å². The molecule has 0 fully saturated rings. The summed E-state index contributed by atoms with van der Waals surface area (Å²) in [5.74, 6) is 1.28.